The van der Waals surface area contributed by atoms with Crippen LogP contribution in [0.25, 0.3) is 28.6 Å². The zero-order valence-electron chi connectivity index (χ0n) is 10.2. The minimum atomic E-state index is -1.33. The van der Waals surface area contributed by atoms with Crippen molar-refractivity contribution in [2.45, 2.75) is 0 Å². The van der Waals surface area contributed by atoms with Gasteiger partial charge in [0, 0.05) is 5.56 Å². The topological polar surface area (TPSA) is 46.3 Å². The smallest absolute Gasteiger partial charge is 0.230 e. The Balaban J connectivity index is 2.26. The second kappa shape index (κ2) is 4.45. The molecule has 0 amide bonds. The highest BCUT2D eigenvalue weighted by Gasteiger charge is 2.19. The SMILES string of the molecule is C=Cc1cccc2nc(-c3ccc(O)c(F)c3F)oc12. The number of rotatable bonds is 2. The molecule has 3 nitrogen and oxygen atoms in total. The molecule has 20 heavy (non-hydrogen) atoms. The van der Waals surface area contributed by atoms with E-state index in [1.165, 1.54) is 6.07 Å². The van der Waals surface area contributed by atoms with Crippen LogP contribution in [0.5, 0.6) is 5.75 Å². The lowest BCUT2D eigenvalue weighted by Gasteiger charge is -2.01. The summed E-state index contributed by atoms with van der Waals surface area (Å²) in [5, 5.41) is 9.11. The van der Waals surface area contributed by atoms with E-state index in [-0.39, 0.29) is 11.5 Å². The van der Waals surface area contributed by atoms with Crippen molar-refractivity contribution >= 4 is 17.2 Å². The Morgan fingerprint density at radius 1 is 1.15 bits per heavy atom. The Hall–Kier alpha value is -2.69. The number of para-hydroxylation sites is 1. The summed E-state index contributed by atoms with van der Waals surface area (Å²) in [7, 11) is 0. The molecule has 0 spiro atoms. The highest BCUT2D eigenvalue weighted by Crippen LogP contribution is 2.31. The van der Waals surface area contributed by atoms with Gasteiger partial charge >= 0.3 is 0 Å². The number of aromatic nitrogens is 1. The van der Waals surface area contributed by atoms with E-state index in [1.54, 1.807) is 24.3 Å². The summed E-state index contributed by atoms with van der Waals surface area (Å²) in [6.45, 7) is 3.65. The van der Waals surface area contributed by atoms with Crippen LogP contribution < -0.4 is 0 Å². The molecule has 100 valence electrons. The van der Waals surface area contributed by atoms with Crippen LogP contribution in [-0.2, 0) is 0 Å². The predicted molar refractivity (Wildman–Crippen MR) is 71.1 cm³/mol. The van der Waals surface area contributed by atoms with E-state index in [1.807, 2.05) is 0 Å². The van der Waals surface area contributed by atoms with Gasteiger partial charge in [-0.05, 0) is 18.2 Å². The molecule has 0 aliphatic heterocycles. The number of hydrogen-bond donors (Lipinski definition) is 1. The summed E-state index contributed by atoms with van der Waals surface area (Å²) < 4.78 is 32.7. The van der Waals surface area contributed by atoms with Crippen molar-refractivity contribution in [2.24, 2.45) is 0 Å². The molecule has 1 N–H and O–H groups in total. The van der Waals surface area contributed by atoms with Gasteiger partial charge in [-0.3, -0.25) is 0 Å². The maximum absolute atomic E-state index is 13.8. The molecule has 0 aliphatic carbocycles. The Labute approximate surface area is 112 Å². The lowest BCUT2D eigenvalue weighted by Crippen LogP contribution is -1.90. The fraction of sp³-hybridized carbons (Fsp3) is 0. The first kappa shape index (κ1) is 12.3. The number of phenols is 1. The zero-order chi connectivity index (χ0) is 14.3. The number of oxazole rings is 1. The van der Waals surface area contributed by atoms with Gasteiger partial charge in [-0.25, -0.2) is 9.37 Å². The molecule has 0 aliphatic rings. The highest BCUT2D eigenvalue weighted by atomic mass is 19.2. The van der Waals surface area contributed by atoms with E-state index in [4.69, 9.17) is 9.52 Å². The zero-order valence-corrected chi connectivity index (χ0v) is 10.2. The van der Waals surface area contributed by atoms with Crippen LogP contribution >= 0.6 is 0 Å². The third kappa shape index (κ3) is 1.75. The Kier molecular flexibility index (Phi) is 2.75. The summed E-state index contributed by atoms with van der Waals surface area (Å²) in [5.41, 5.74) is 1.53. The summed E-state index contributed by atoms with van der Waals surface area (Å²) in [6.07, 6.45) is 1.59. The van der Waals surface area contributed by atoms with Crippen LogP contribution in [0.15, 0.2) is 41.3 Å². The van der Waals surface area contributed by atoms with Crippen LogP contribution in [-0.4, -0.2) is 10.1 Å². The normalized spacial score (nSPS) is 10.9. The number of hydrogen-bond acceptors (Lipinski definition) is 3. The molecule has 0 fully saturated rings. The van der Waals surface area contributed by atoms with E-state index < -0.39 is 17.4 Å². The number of fused-ring (bicyclic) bond motifs is 1. The van der Waals surface area contributed by atoms with Gasteiger partial charge < -0.3 is 9.52 Å². The van der Waals surface area contributed by atoms with Crippen molar-refractivity contribution in [1.29, 1.82) is 0 Å². The summed E-state index contributed by atoms with van der Waals surface area (Å²) in [5.74, 6) is -3.33. The van der Waals surface area contributed by atoms with Gasteiger partial charge in [-0.2, -0.15) is 4.39 Å². The maximum Gasteiger partial charge on any atom is 0.230 e. The largest absolute Gasteiger partial charge is 0.505 e. The van der Waals surface area contributed by atoms with E-state index in [9.17, 15) is 8.78 Å². The van der Waals surface area contributed by atoms with Gasteiger partial charge in [0.15, 0.2) is 17.1 Å². The molecule has 1 heterocycles. The van der Waals surface area contributed by atoms with Gasteiger partial charge in [0.25, 0.3) is 0 Å². The van der Waals surface area contributed by atoms with Gasteiger partial charge in [0.2, 0.25) is 11.7 Å². The van der Waals surface area contributed by atoms with Crippen LogP contribution in [0, 0.1) is 11.6 Å². The molecule has 0 radical (unpaired) electrons. The Bertz CT molecular complexity index is 824. The van der Waals surface area contributed by atoms with E-state index in [2.05, 4.69) is 11.6 Å². The molecule has 5 heteroatoms. The van der Waals surface area contributed by atoms with Gasteiger partial charge in [-0.15, -0.1) is 0 Å². The highest BCUT2D eigenvalue weighted by molar-refractivity contribution is 5.84. The molecular weight excluding hydrogens is 264 g/mol. The third-order valence-electron chi connectivity index (χ3n) is 2.96. The quantitative estimate of drug-likeness (QED) is 0.763. The van der Waals surface area contributed by atoms with E-state index >= 15 is 0 Å². The average Bonchev–Trinajstić information content (AvgIpc) is 2.88. The fourth-order valence-electron chi connectivity index (χ4n) is 1.95. The van der Waals surface area contributed by atoms with Crippen LogP contribution in [0.2, 0.25) is 0 Å². The molecule has 0 bridgehead atoms. The first-order chi connectivity index (χ1) is 9.61. The third-order valence-corrected chi connectivity index (χ3v) is 2.96. The molecular formula is C15H9F2NO2. The minimum Gasteiger partial charge on any atom is -0.505 e. The fourth-order valence-corrected chi connectivity index (χ4v) is 1.95. The number of nitrogens with zero attached hydrogens (tertiary/aromatic N) is 1. The molecule has 3 aromatic rings. The molecule has 3 rings (SSSR count). The summed E-state index contributed by atoms with van der Waals surface area (Å²) >= 11 is 0. The summed E-state index contributed by atoms with van der Waals surface area (Å²) in [6, 6.07) is 7.50. The van der Waals surface area contributed by atoms with Crippen molar-refractivity contribution in [3.05, 3.63) is 54.1 Å². The van der Waals surface area contributed by atoms with Crippen molar-refractivity contribution in [3.8, 4) is 17.2 Å². The molecule has 1 aromatic heterocycles. The molecule has 0 unspecified atom stereocenters. The number of halogens is 2. The van der Waals surface area contributed by atoms with Crippen molar-refractivity contribution in [2.75, 3.05) is 0 Å². The second-order valence-electron chi connectivity index (χ2n) is 4.18. The first-order valence-corrected chi connectivity index (χ1v) is 5.81. The monoisotopic (exact) mass is 273 g/mol. The first-order valence-electron chi connectivity index (χ1n) is 5.81. The van der Waals surface area contributed by atoms with Gasteiger partial charge in [0.05, 0.1) is 5.56 Å². The maximum atomic E-state index is 13.8. The van der Waals surface area contributed by atoms with Gasteiger partial charge in [-0.1, -0.05) is 24.8 Å². The second-order valence-corrected chi connectivity index (χ2v) is 4.18. The molecule has 0 atom stereocenters. The van der Waals surface area contributed by atoms with Crippen molar-refractivity contribution in [3.63, 3.8) is 0 Å². The van der Waals surface area contributed by atoms with Crippen molar-refractivity contribution < 1.29 is 18.3 Å². The van der Waals surface area contributed by atoms with Crippen LogP contribution in [0.3, 0.4) is 0 Å². The standard InChI is InChI=1S/C15H9F2NO2/c1-2-8-4-3-5-10-14(8)20-15(18-10)9-6-7-11(19)13(17)12(9)16/h2-7,19H,1H2. The van der Waals surface area contributed by atoms with E-state index in [0.717, 1.165) is 6.07 Å². The average molecular weight is 273 g/mol. The number of aromatic hydroxyl groups is 1. The Morgan fingerprint density at radius 3 is 2.70 bits per heavy atom. The molecule has 0 saturated heterocycles. The lowest BCUT2D eigenvalue weighted by atomic mass is 10.2. The molecule has 0 saturated carbocycles. The Morgan fingerprint density at radius 2 is 1.95 bits per heavy atom. The molecule has 2 aromatic carbocycles. The number of phenolic OH excluding ortho intramolecular Hbond substituents is 1. The van der Waals surface area contributed by atoms with E-state index in [0.29, 0.717) is 16.7 Å². The van der Waals surface area contributed by atoms with Crippen LogP contribution in [0.1, 0.15) is 5.56 Å². The van der Waals surface area contributed by atoms with Crippen molar-refractivity contribution in [1.82, 2.24) is 4.98 Å². The minimum absolute atomic E-state index is 0.0503. The van der Waals surface area contributed by atoms with Gasteiger partial charge in [0.1, 0.15) is 5.52 Å². The summed E-state index contributed by atoms with van der Waals surface area (Å²) in [4.78, 5) is 4.12. The lowest BCUT2D eigenvalue weighted by molar-refractivity contribution is 0.407. The van der Waals surface area contributed by atoms with Crippen LogP contribution in [0.4, 0.5) is 8.78 Å². The predicted octanol–water partition coefficient (Wildman–Crippen LogP) is 4.12. The number of benzene rings is 2.